The Balaban J connectivity index is 2.34. The fourth-order valence-electron chi connectivity index (χ4n) is 1.84. The monoisotopic (exact) mass is 242 g/mol. The first-order valence-corrected chi connectivity index (χ1v) is 5.44. The van der Waals surface area contributed by atoms with E-state index in [9.17, 15) is 4.79 Å². The van der Waals surface area contributed by atoms with Gasteiger partial charge < -0.3 is 9.51 Å². The predicted octanol–water partition coefficient (Wildman–Crippen LogP) is 1.59. The lowest BCUT2D eigenvalue weighted by Crippen LogP contribution is -2.10. The normalized spacial score (nSPS) is 11.0. The molecule has 3 rings (SSSR count). The highest BCUT2D eigenvalue weighted by Crippen LogP contribution is 2.18. The Kier molecular flexibility index (Phi) is 2.22. The van der Waals surface area contributed by atoms with Crippen LogP contribution in [0.1, 0.15) is 11.6 Å². The van der Waals surface area contributed by atoms with Crippen molar-refractivity contribution in [3.8, 4) is 11.4 Å². The van der Waals surface area contributed by atoms with Gasteiger partial charge in [-0.15, -0.1) is 0 Å². The lowest BCUT2D eigenvalue weighted by Gasteiger charge is -2.02. The van der Waals surface area contributed by atoms with Crippen LogP contribution in [0, 0.1) is 13.8 Å². The Labute approximate surface area is 102 Å². The van der Waals surface area contributed by atoms with Gasteiger partial charge >= 0.3 is 0 Å². The summed E-state index contributed by atoms with van der Waals surface area (Å²) in [5.41, 5.74) is 1.73. The molecular weight excluding hydrogens is 232 g/mol. The molecule has 0 amide bonds. The van der Waals surface area contributed by atoms with E-state index in [1.807, 2.05) is 6.92 Å². The predicted molar refractivity (Wildman–Crippen MR) is 65.1 cm³/mol. The molecule has 3 aromatic rings. The highest BCUT2D eigenvalue weighted by Gasteiger charge is 2.12. The topological polar surface area (TPSA) is 84.7 Å². The average molecular weight is 242 g/mol. The van der Waals surface area contributed by atoms with Crippen LogP contribution >= 0.6 is 0 Å². The quantitative estimate of drug-likeness (QED) is 0.700. The summed E-state index contributed by atoms with van der Waals surface area (Å²) in [6.45, 7) is 3.56. The van der Waals surface area contributed by atoms with Crippen LogP contribution in [-0.4, -0.2) is 20.1 Å². The van der Waals surface area contributed by atoms with Gasteiger partial charge in [-0.25, -0.2) is 0 Å². The molecule has 0 aromatic carbocycles. The number of aryl methyl sites for hydroxylation is 2. The molecule has 0 aliphatic heterocycles. The lowest BCUT2D eigenvalue weighted by atomic mass is 10.1. The molecule has 3 heterocycles. The van der Waals surface area contributed by atoms with Crippen molar-refractivity contribution in [1.82, 2.24) is 20.1 Å². The number of nitrogens with zero attached hydrogens (tertiary/aromatic N) is 3. The smallest absolute Gasteiger partial charge is 0.259 e. The second-order valence-corrected chi connectivity index (χ2v) is 4.01. The van der Waals surface area contributed by atoms with Crippen molar-refractivity contribution in [3.05, 3.63) is 40.3 Å². The molecule has 0 unspecified atom stereocenters. The molecule has 1 N–H and O–H groups in total. The first-order valence-electron chi connectivity index (χ1n) is 5.44. The van der Waals surface area contributed by atoms with E-state index in [2.05, 4.69) is 20.1 Å². The minimum atomic E-state index is -0.242. The summed E-state index contributed by atoms with van der Waals surface area (Å²) in [5.74, 6) is 0.714. The summed E-state index contributed by atoms with van der Waals surface area (Å²) in [7, 11) is 0. The Bertz CT molecular complexity index is 788. The zero-order valence-corrected chi connectivity index (χ0v) is 9.89. The summed E-state index contributed by atoms with van der Waals surface area (Å²) in [4.78, 5) is 23.0. The number of nitrogens with one attached hydrogen (secondary N) is 1. The Morgan fingerprint density at radius 2 is 2.17 bits per heavy atom. The summed E-state index contributed by atoms with van der Waals surface area (Å²) in [5, 5.41) is 4.63. The van der Waals surface area contributed by atoms with Crippen LogP contribution in [0.4, 0.5) is 0 Å². The SMILES string of the molecule is Cc1nc(-c2cc3c(C)nccc3[nH]c2=O)no1. The highest BCUT2D eigenvalue weighted by atomic mass is 16.5. The first kappa shape index (κ1) is 10.6. The summed E-state index contributed by atoms with van der Waals surface area (Å²) < 4.78 is 4.89. The molecule has 0 atom stereocenters. The van der Waals surface area contributed by atoms with Crippen molar-refractivity contribution in [3.63, 3.8) is 0 Å². The minimum absolute atomic E-state index is 0.242. The maximum atomic E-state index is 12.0. The number of hydrogen-bond donors (Lipinski definition) is 1. The Morgan fingerprint density at radius 1 is 1.33 bits per heavy atom. The van der Waals surface area contributed by atoms with Gasteiger partial charge in [0.2, 0.25) is 11.7 Å². The van der Waals surface area contributed by atoms with Crippen molar-refractivity contribution < 1.29 is 4.52 Å². The van der Waals surface area contributed by atoms with Gasteiger partial charge in [-0.05, 0) is 19.1 Å². The molecule has 3 aromatic heterocycles. The van der Waals surface area contributed by atoms with Crippen molar-refractivity contribution in [2.24, 2.45) is 0 Å². The van der Waals surface area contributed by atoms with Gasteiger partial charge in [-0.2, -0.15) is 4.98 Å². The number of fused-ring (bicyclic) bond motifs is 1. The van der Waals surface area contributed by atoms with Crippen LogP contribution in [0.3, 0.4) is 0 Å². The second-order valence-electron chi connectivity index (χ2n) is 4.01. The summed E-state index contributed by atoms with van der Waals surface area (Å²) in [6.07, 6.45) is 1.66. The number of pyridine rings is 2. The molecule has 18 heavy (non-hydrogen) atoms. The molecule has 0 aliphatic rings. The van der Waals surface area contributed by atoms with E-state index in [4.69, 9.17) is 4.52 Å². The summed E-state index contributed by atoms with van der Waals surface area (Å²) in [6, 6.07) is 3.50. The molecule has 0 radical (unpaired) electrons. The fraction of sp³-hybridized carbons (Fsp3) is 0.167. The van der Waals surface area contributed by atoms with Crippen molar-refractivity contribution in [1.29, 1.82) is 0 Å². The number of aromatic nitrogens is 4. The molecule has 0 saturated heterocycles. The third kappa shape index (κ3) is 1.58. The molecule has 0 bridgehead atoms. The van der Waals surface area contributed by atoms with Crippen molar-refractivity contribution in [2.75, 3.05) is 0 Å². The van der Waals surface area contributed by atoms with E-state index in [0.29, 0.717) is 17.3 Å². The van der Waals surface area contributed by atoms with E-state index < -0.39 is 0 Å². The van der Waals surface area contributed by atoms with Crippen molar-refractivity contribution >= 4 is 10.9 Å². The molecule has 90 valence electrons. The van der Waals surface area contributed by atoms with Gasteiger partial charge in [0.15, 0.2) is 0 Å². The molecule has 6 heteroatoms. The van der Waals surface area contributed by atoms with E-state index in [1.165, 1.54) is 0 Å². The van der Waals surface area contributed by atoms with Gasteiger partial charge in [0.1, 0.15) is 0 Å². The van der Waals surface area contributed by atoms with Crippen LogP contribution in [0.15, 0.2) is 27.6 Å². The average Bonchev–Trinajstić information content (AvgIpc) is 2.75. The van der Waals surface area contributed by atoms with E-state index in [1.54, 1.807) is 25.3 Å². The Morgan fingerprint density at radius 3 is 2.89 bits per heavy atom. The van der Waals surface area contributed by atoms with E-state index >= 15 is 0 Å². The molecular formula is C12H10N4O2. The third-order valence-corrected chi connectivity index (χ3v) is 2.74. The minimum Gasteiger partial charge on any atom is -0.339 e. The van der Waals surface area contributed by atoms with Crippen LogP contribution in [0.5, 0.6) is 0 Å². The number of H-pyrrole nitrogens is 1. The molecule has 0 saturated carbocycles. The molecule has 0 spiro atoms. The lowest BCUT2D eigenvalue weighted by molar-refractivity contribution is 0.394. The first-order chi connectivity index (χ1) is 8.65. The third-order valence-electron chi connectivity index (χ3n) is 2.74. The van der Waals surface area contributed by atoms with Crippen LogP contribution < -0.4 is 5.56 Å². The van der Waals surface area contributed by atoms with E-state index in [0.717, 1.165) is 16.6 Å². The maximum absolute atomic E-state index is 12.0. The summed E-state index contributed by atoms with van der Waals surface area (Å²) >= 11 is 0. The fourth-order valence-corrected chi connectivity index (χ4v) is 1.84. The van der Waals surface area contributed by atoms with Gasteiger partial charge in [0, 0.05) is 24.2 Å². The Hall–Kier alpha value is -2.50. The van der Waals surface area contributed by atoms with Gasteiger partial charge in [-0.1, -0.05) is 5.16 Å². The van der Waals surface area contributed by atoms with Crippen LogP contribution in [-0.2, 0) is 0 Å². The zero-order valence-electron chi connectivity index (χ0n) is 9.89. The van der Waals surface area contributed by atoms with Crippen molar-refractivity contribution in [2.45, 2.75) is 13.8 Å². The molecule has 0 fully saturated rings. The van der Waals surface area contributed by atoms with Crippen LogP contribution in [0.25, 0.3) is 22.3 Å². The standard InChI is InChI=1S/C12H10N4O2/c1-6-8-5-9(11-14-7(2)18-16-11)12(17)15-10(8)3-4-13-6/h3-5H,1-2H3,(H,15,17). The highest BCUT2D eigenvalue weighted by molar-refractivity contribution is 5.83. The maximum Gasteiger partial charge on any atom is 0.259 e. The number of rotatable bonds is 1. The number of hydrogen-bond acceptors (Lipinski definition) is 5. The zero-order chi connectivity index (χ0) is 12.7. The van der Waals surface area contributed by atoms with Crippen LogP contribution in [0.2, 0.25) is 0 Å². The molecule has 6 nitrogen and oxygen atoms in total. The number of aromatic amines is 1. The van der Waals surface area contributed by atoms with Gasteiger partial charge in [0.05, 0.1) is 11.1 Å². The second kappa shape index (κ2) is 3.76. The van der Waals surface area contributed by atoms with Gasteiger partial charge in [-0.3, -0.25) is 9.78 Å². The largest absolute Gasteiger partial charge is 0.339 e. The molecule has 0 aliphatic carbocycles. The van der Waals surface area contributed by atoms with Gasteiger partial charge in [0.25, 0.3) is 5.56 Å². The van der Waals surface area contributed by atoms with E-state index in [-0.39, 0.29) is 5.56 Å².